The minimum absolute atomic E-state index is 0.00526. The molecule has 37 heavy (non-hydrogen) atoms. The fraction of sp³-hybridized carbons (Fsp3) is 0.346. The molecule has 1 atom stereocenters. The zero-order valence-electron chi connectivity index (χ0n) is 20.5. The van der Waals surface area contributed by atoms with Gasteiger partial charge in [-0.15, -0.1) is 11.3 Å². The van der Waals surface area contributed by atoms with E-state index in [0.717, 1.165) is 59.5 Å². The molecule has 3 saturated heterocycles. The number of piperidine rings is 3. The topological polar surface area (TPSA) is 125 Å². The third-order valence-electron chi connectivity index (χ3n) is 6.80. The van der Waals surface area contributed by atoms with Crippen molar-refractivity contribution in [2.75, 3.05) is 19.6 Å². The lowest BCUT2D eigenvalue weighted by Gasteiger charge is -2.43. The molecule has 3 aliphatic heterocycles. The lowest BCUT2D eigenvalue weighted by atomic mass is 9.86. The zero-order chi connectivity index (χ0) is 26.2. The van der Waals surface area contributed by atoms with Crippen LogP contribution in [-0.2, 0) is 14.9 Å². The van der Waals surface area contributed by atoms with Gasteiger partial charge in [-0.1, -0.05) is 23.8 Å². The molecule has 0 radical (unpaired) electrons. The lowest BCUT2D eigenvalue weighted by Crippen LogP contribution is -2.51. The van der Waals surface area contributed by atoms with Crippen LogP contribution in [0.1, 0.15) is 33.8 Å². The molecule has 194 valence electrons. The summed E-state index contributed by atoms with van der Waals surface area (Å²) in [4.78, 5) is 20.6. The minimum Gasteiger partial charge on any atom is -0.456 e. The number of nitrogens with one attached hydrogen (secondary N) is 1. The van der Waals surface area contributed by atoms with Crippen molar-refractivity contribution in [1.29, 1.82) is 0 Å². The van der Waals surface area contributed by atoms with E-state index in [4.69, 9.17) is 9.29 Å². The summed E-state index contributed by atoms with van der Waals surface area (Å²) in [5.74, 6) is 0.168. The molecule has 7 rings (SSSR count). The lowest BCUT2D eigenvalue weighted by molar-refractivity contribution is -0.0458. The number of H-pyrrole nitrogens is 1. The predicted molar refractivity (Wildman–Crippen MR) is 141 cm³/mol. The Morgan fingerprint density at radius 3 is 2.46 bits per heavy atom. The molecular formula is C26H28N4O5S2. The van der Waals surface area contributed by atoms with E-state index < -0.39 is 10.1 Å². The molecule has 11 heteroatoms. The van der Waals surface area contributed by atoms with Gasteiger partial charge in [0.25, 0.3) is 10.1 Å². The highest BCUT2D eigenvalue weighted by molar-refractivity contribution is 7.85. The number of aromatic amines is 1. The molecule has 3 fully saturated rings. The summed E-state index contributed by atoms with van der Waals surface area (Å²) in [6, 6.07) is 11.9. The molecule has 3 aliphatic rings. The molecule has 5 heterocycles. The van der Waals surface area contributed by atoms with Gasteiger partial charge in [-0.05, 0) is 70.0 Å². The van der Waals surface area contributed by atoms with Crippen molar-refractivity contribution in [1.82, 2.24) is 20.1 Å². The molecular weight excluding hydrogens is 512 g/mol. The number of thiazole rings is 1. The summed E-state index contributed by atoms with van der Waals surface area (Å²) < 4.78 is 35.4. The Hall–Kier alpha value is -3.12. The minimum atomic E-state index is -4.02. The molecule has 2 bridgehead atoms. The highest BCUT2D eigenvalue weighted by Crippen LogP contribution is 2.31. The summed E-state index contributed by atoms with van der Waals surface area (Å²) in [7, 11) is -4.02. The number of carbonyl (C=O) groups excluding carboxylic acids is 1. The van der Waals surface area contributed by atoms with Crippen LogP contribution in [0.4, 0.5) is 0 Å². The fourth-order valence-electron chi connectivity index (χ4n) is 4.74. The van der Waals surface area contributed by atoms with Gasteiger partial charge in [-0.25, -0.2) is 9.78 Å². The third kappa shape index (κ3) is 5.74. The van der Waals surface area contributed by atoms with Gasteiger partial charge in [0.2, 0.25) is 0 Å². The van der Waals surface area contributed by atoms with Crippen molar-refractivity contribution in [2.45, 2.75) is 37.7 Å². The number of benzene rings is 2. The maximum atomic E-state index is 12.7. The first kappa shape index (κ1) is 25.5. The Kier molecular flexibility index (Phi) is 7.13. The highest BCUT2D eigenvalue weighted by Gasteiger charge is 2.37. The average molecular weight is 541 g/mol. The maximum Gasteiger partial charge on any atom is 0.359 e. The molecule has 2 aromatic carbocycles. The van der Waals surface area contributed by atoms with Crippen LogP contribution in [0.2, 0.25) is 0 Å². The van der Waals surface area contributed by atoms with Gasteiger partial charge in [-0.3, -0.25) is 14.6 Å². The van der Waals surface area contributed by atoms with E-state index in [9.17, 15) is 13.2 Å². The van der Waals surface area contributed by atoms with Gasteiger partial charge >= 0.3 is 5.97 Å². The number of ether oxygens (including phenoxy) is 1. The van der Waals surface area contributed by atoms with Crippen LogP contribution in [0.5, 0.6) is 0 Å². The fourth-order valence-corrected chi connectivity index (χ4v) is 5.98. The molecule has 4 aromatic rings. The van der Waals surface area contributed by atoms with Crippen LogP contribution in [-0.4, -0.2) is 64.8 Å². The smallest absolute Gasteiger partial charge is 0.359 e. The van der Waals surface area contributed by atoms with Crippen molar-refractivity contribution < 1.29 is 22.5 Å². The number of rotatable bonds is 4. The summed E-state index contributed by atoms with van der Waals surface area (Å²) in [5, 5.41) is 8.97. The Morgan fingerprint density at radius 2 is 1.86 bits per heavy atom. The van der Waals surface area contributed by atoms with Gasteiger partial charge in [0.1, 0.15) is 11.1 Å². The van der Waals surface area contributed by atoms with E-state index in [2.05, 4.69) is 20.1 Å². The average Bonchev–Trinajstić information content (AvgIpc) is 3.51. The predicted octanol–water partition coefficient (Wildman–Crippen LogP) is 4.49. The van der Waals surface area contributed by atoms with Crippen LogP contribution in [0.15, 0.2) is 53.6 Å². The normalized spacial score (nSPS) is 20.9. The first-order valence-electron chi connectivity index (χ1n) is 12.1. The van der Waals surface area contributed by atoms with E-state index >= 15 is 0 Å². The Balaban J connectivity index is 0.000000215. The van der Waals surface area contributed by atoms with Crippen LogP contribution in [0, 0.1) is 19.8 Å². The number of nitrogens with zero attached hydrogens (tertiary/aromatic N) is 3. The van der Waals surface area contributed by atoms with E-state index in [-0.39, 0.29) is 17.0 Å². The summed E-state index contributed by atoms with van der Waals surface area (Å²) in [5.41, 5.74) is 3.18. The van der Waals surface area contributed by atoms with Crippen molar-refractivity contribution in [3.63, 3.8) is 0 Å². The van der Waals surface area contributed by atoms with E-state index in [1.165, 1.54) is 17.0 Å². The van der Waals surface area contributed by atoms with Crippen LogP contribution in [0.25, 0.3) is 21.5 Å². The summed E-state index contributed by atoms with van der Waals surface area (Å²) in [6.07, 6.45) is 4.11. The van der Waals surface area contributed by atoms with Crippen LogP contribution < -0.4 is 0 Å². The van der Waals surface area contributed by atoms with Crippen molar-refractivity contribution in [3.05, 3.63) is 64.8 Å². The van der Waals surface area contributed by atoms with Crippen molar-refractivity contribution in [3.8, 4) is 10.6 Å². The SMILES string of the molecule is Cc1ccc(S(=O)(=O)O)cc1.Cc1cnc(-c2ccc3c(C(=O)O[C@@H]4CN5CCC4CC5)n[nH]c3c2)s1. The molecule has 2 N–H and O–H groups in total. The van der Waals surface area contributed by atoms with E-state index in [1.54, 1.807) is 23.5 Å². The van der Waals surface area contributed by atoms with Gasteiger partial charge < -0.3 is 4.74 Å². The van der Waals surface area contributed by atoms with Gasteiger partial charge in [0, 0.05) is 28.6 Å². The third-order valence-corrected chi connectivity index (χ3v) is 8.63. The Morgan fingerprint density at radius 1 is 1.14 bits per heavy atom. The highest BCUT2D eigenvalue weighted by atomic mass is 32.2. The van der Waals surface area contributed by atoms with E-state index in [1.807, 2.05) is 38.2 Å². The summed E-state index contributed by atoms with van der Waals surface area (Å²) >= 11 is 1.65. The molecule has 0 amide bonds. The number of aryl methyl sites for hydroxylation is 2. The zero-order valence-corrected chi connectivity index (χ0v) is 22.2. The van der Waals surface area contributed by atoms with Crippen LogP contribution in [0.3, 0.4) is 0 Å². The molecule has 9 nitrogen and oxygen atoms in total. The quantitative estimate of drug-likeness (QED) is 0.287. The number of fused-ring (bicyclic) bond motifs is 4. The second-order valence-electron chi connectivity index (χ2n) is 9.48. The molecule has 0 spiro atoms. The van der Waals surface area contributed by atoms with Gasteiger partial charge in [0.15, 0.2) is 5.69 Å². The monoisotopic (exact) mass is 540 g/mol. The molecule has 0 unspecified atom stereocenters. The second kappa shape index (κ2) is 10.3. The largest absolute Gasteiger partial charge is 0.456 e. The Labute approximate surface area is 219 Å². The van der Waals surface area contributed by atoms with Crippen molar-refractivity contribution in [2.24, 2.45) is 5.92 Å². The number of aromatic nitrogens is 3. The molecule has 2 aromatic heterocycles. The van der Waals surface area contributed by atoms with Gasteiger partial charge in [-0.2, -0.15) is 13.5 Å². The standard InChI is InChI=1S/C19H20N4O2S.C7H8O3S/c1-11-9-20-18(26-11)13-2-3-14-15(8-13)21-22-17(14)19(24)25-16-10-23-6-4-12(16)5-7-23;1-6-2-4-7(5-3-6)11(8,9)10/h2-3,8-9,12,16H,4-7,10H2,1H3,(H,21,22);2-5H,1H3,(H,8,9,10)/t16-;/m1./s1. The maximum absolute atomic E-state index is 12.7. The first-order valence-corrected chi connectivity index (χ1v) is 14.3. The molecule has 0 saturated carbocycles. The number of hydrogen-bond donors (Lipinski definition) is 2. The number of hydrogen-bond acceptors (Lipinski definition) is 8. The number of carbonyl (C=O) groups is 1. The van der Waals surface area contributed by atoms with Crippen molar-refractivity contribution >= 4 is 38.3 Å². The second-order valence-corrected chi connectivity index (χ2v) is 12.1. The number of esters is 1. The Bertz CT molecular complexity index is 1520. The van der Waals surface area contributed by atoms with E-state index in [0.29, 0.717) is 11.6 Å². The summed E-state index contributed by atoms with van der Waals surface area (Å²) in [6.45, 7) is 6.99. The first-order chi connectivity index (χ1) is 17.7. The molecule has 0 aliphatic carbocycles. The van der Waals surface area contributed by atoms with Crippen LogP contribution >= 0.6 is 11.3 Å². The van der Waals surface area contributed by atoms with Gasteiger partial charge in [0.05, 0.1) is 10.4 Å².